The number of nitrogens with one attached hydrogen (secondary N) is 1. The lowest BCUT2D eigenvalue weighted by Gasteiger charge is -2.03. The number of pyridine rings is 1. The summed E-state index contributed by atoms with van der Waals surface area (Å²) in [6.07, 6.45) is 1.66. The van der Waals surface area contributed by atoms with Gasteiger partial charge in [-0.2, -0.15) is 0 Å². The zero-order valence-corrected chi connectivity index (χ0v) is 7.51. The number of carbonyl (C=O) groups is 1. The number of anilines is 1. The lowest BCUT2D eigenvalue weighted by atomic mass is 10.2. The van der Waals surface area contributed by atoms with Crippen LogP contribution in [0.15, 0.2) is 12.3 Å². The highest BCUT2D eigenvalue weighted by molar-refractivity contribution is 5.88. The van der Waals surface area contributed by atoms with Gasteiger partial charge in [0.2, 0.25) is 5.91 Å². The minimum Gasteiger partial charge on any atom is -0.325 e. The molecule has 0 fully saturated rings. The summed E-state index contributed by atoms with van der Waals surface area (Å²) in [6.45, 7) is 5.38. The number of amides is 1. The Morgan fingerprint density at radius 1 is 1.50 bits per heavy atom. The lowest BCUT2D eigenvalue weighted by molar-refractivity contribution is -0.114. The molecule has 0 radical (unpaired) electrons. The van der Waals surface area contributed by atoms with Crippen molar-refractivity contribution in [3.8, 4) is 0 Å². The topological polar surface area (TPSA) is 42.0 Å². The van der Waals surface area contributed by atoms with Crippen molar-refractivity contribution in [2.24, 2.45) is 0 Å². The fourth-order valence-electron chi connectivity index (χ4n) is 0.915. The third-order valence-electron chi connectivity index (χ3n) is 1.66. The van der Waals surface area contributed by atoms with Gasteiger partial charge in [-0.25, -0.2) is 0 Å². The third kappa shape index (κ3) is 2.05. The van der Waals surface area contributed by atoms with Gasteiger partial charge in [0.05, 0.1) is 11.9 Å². The highest BCUT2D eigenvalue weighted by atomic mass is 16.1. The minimum atomic E-state index is -0.0694. The van der Waals surface area contributed by atoms with E-state index in [1.165, 1.54) is 6.92 Å². The summed E-state index contributed by atoms with van der Waals surface area (Å²) in [5.74, 6) is -0.0694. The molecule has 1 amide bonds. The zero-order valence-electron chi connectivity index (χ0n) is 7.51. The van der Waals surface area contributed by atoms with Crippen molar-refractivity contribution >= 4 is 11.6 Å². The minimum absolute atomic E-state index is 0.0694. The quantitative estimate of drug-likeness (QED) is 0.685. The molecule has 1 heterocycles. The second kappa shape index (κ2) is 3.34. The van der Waals surface area contributed by atoms with E-state index >= 15 is 0 Å². The predicted molar refractivity (Wildman–Crippen MR) is 48.0 cm³/mol. The summed E-state index contributed by atoms with van der Waals surface area (Å²) in [5.41, 5.74) is 2.83. The van der Waals surface area contributed by atoms with E-state index in [4.69, 9.17) is 0 Å². The first-order valence-corrected chi connectivity index (χ1v) is 3.80. The first-order valence-electron chi connectivity index (χ1n) is 3.80. The fourth-order valence-corrected chi connectivity index (χ4v) is 0.915. The molecular weight excluding hydrogens is 152 g/mol. The maximum atomic E-state index is 10.7. The number of rotatable bonds is 1. The Balaban J connectivity index is 2.89. The van der Waals surface area contributed by atoms with Crippen LogP contribution in [-0.2, 0) is 4.79 Å². The van der Waals surface area contributed by atoms with Crippen molar-refractivity contribution in [1.29, 1.82) is 0 Å². The summed E-state index contributed by atoms with van der Waals surface area (Å²) in [4.78, 5) is 14.8. The Bertz CT molecular complexity index is 307. The maximum Gasteiger partial charge on any atom is 0.221 e. The molecule has 0 aliphatic rings. The van der Waals surface area contributed by atoms with Crippen LogP contribution in [0.5, 0.6) is 0 Å². The summed E-state index contributed by atoms with van der Waals surface area (Å²) < 4.78 is 0. The molecule has 0 aliphatic heterocycles. The molecule has 0 atom stereocenters. The van der Waals surface area contributed by atoms with Crippen LogP contribution in [0.1, 0.15) is 18.2 Å². The lowest BCUT2D eigenvalue weighted by Crippen LogP contribution is -2.06. The highest BCUT2D eigenvalue weighted by Crippen LogP contribution is 2.10. The third-order valence-corrected chi connectivity index (χ3v) is 1.66. The fraction of sp³-hybridized carbons (Fsp3) is 0.333. The van der Waals surface area contributed by atoms with Gasteiger partial charge >= 0.3 is 0 Å². The molecule has 1 N–H and O–H groups in total. The van der Waals surface area contributed by atoms with Crippen LogP contribution in [0.3, 0.4) is 0 Å². The number of hydrogen-bond acceptors (Lipinski definition) is 2. The van der Waals surface area contributed by atoms with Gasteiger partial charge in [0.25, 0.3) is 0 Å². The molecule has 3 nitrogen and oxygen atoms in total. The molecular formula is C9H12N2O. The number of aryl methyl sites for hydroxylation is 2. The van der Waals surface area contributed by atoms with E-state index in [9.17, 15) is 4.79 Å². The molecule has 1 rings (SSSR count). The second-order valence-corrected chi connectivity index (χ2v) is 2.81. The van der Waals surface area contributed by atoms with Crippen LogP contribution >= 0.6 is 0 Å². The standard InChI is InChI=1S/C9H12N2O/c1-6-4-9(11-8(3)12)5-10-7(6)2/h4-5H,1-3H3,(H,11,12). The van der Waals surface area contributed by atoms with Gasteiger partial charge in [0.1, 0.15) is 0 Å². The van der Waals surface area contributed by atoms with E-state index in [0.717, 1.165) is 16.9 Å². The van der Waals surface area contributed by atoms with E-state index in [1.54, 1.807) is 6.20 Å². The Kier molecular flexibility index (Phi) is 2.43. The van der Waals surface area contributed by atoms with Crippen molar-refractivity contribution in [1.82, 2.24) is 4.98 Å². The Morgan fingerprint density at radius 2 is 2.17 bits per heavy atom. The van der Waals surface area contributed by atoms with Crippen LogP contribution in [0.25, 0.3) is 0 Å². The molecule has 1 aromatic rings. The number of aromatic nitrogens is 1. The molecule has 1 aromatic heterocycles. The van der Waals surface area contributed by atoms with E-state index < -0.39 is 0 Å². The van der Waals surface area contributed by atoms with Gasteiger partial charge < -0.3 is 5.32 Å². The van der Waals surface area contributed by atoms with E-state index in [0.29, 0.717) is 0 Å². The summed E-state index contributed by atoms with van der Waals surface area (Å²) in [7, 11) is 0. The van der Waals surface area contributed by atoms with E-state index in [2.05, 4.69) is 10.3 Å². The van der Waals surface area contributed by atoms with Crippen LogP contribution < -0.4 is 5.32 Å². The van der Waals surface area contributed by atoms with Crippen LogP contribution in [0.4, 0.5) is 5.69 Å². The Hall–Kier alpha value is -1.38. The first kappa shape index (κ1) is 8.71. The number of hydrogen-bond donors (Lipinski definition) is 1. The molecule has 0 unspecified atom stereocenters. The molecule has 3 heteroatoms. The van der Waals surface area contributed by atoms with Gasteiger partial charge in [-0.3, -0.25) is 9.78 Å². The van der Waals surface area contributed by atoms with E-state index in [-0.39, 0.29) is 5.91 Å². The molecule has 0 saturated heterocycles. The molecule has 0 spiro atoms. The van der Waals surface area contributed by atoms with Gasteiger partial charge in [-0.05, 0) is 25.5 Å². The largest absolute Gasteiger partial charge is 0.325 e. The van der Waals surface area contributed by atoms with Crippen LogP contribution in [0.2, 0.25) is 0 Å². The van der Waals surface area contributed by atoms with Gasteiger partial charge in [0, 0.05) is 12.6 Å². The average molecular weight is 164 g/mol. The van der Waals surface area contributed by atoms with Crippen molar-refractivity contribution in [3.05, 3.63) is 23.5 Å². The number of carbonyl (C=O) groups excluding carboxylic acids is 1. The molecule has 0 aliphatic carbocycles. The molecule has 0 saturated carbocycles. The van der Waals surface area contributed by atoms with Gasteiger partial charge in [-0.1, -0.05) is 0 Å². The monoisotopic (exact) mass is 164 g/mol. The van der Waals surface area contributed by atoms with Gasteiger partial charge in [0.15, 0.2) is 0 Å². The van der Waals surface area contributed by atoms with Crippen molar-refractivity contribution < 1.29 is 4.79 Å². The maximum absolute atomic E-state index is 10.7. The SMILES string of the molecule is CC(=O)Nc1cnc(C)c(C)c1. The van der Waals surface area contributed by atoms with Crippen molar-refractivity contribution in [3.63, 3.8) is 0 Å². The zero-order chi connectivity index (χ0) is 9.14. The van der Waals surface area contributed by atoms with Crippen molar-refractivity contribution in [2.75, 3.05) is 5.32 Å². The normalized spacial score (nSPS) is 9.58. The van der Waals surface area contributed by atoms with Crippen LogP contribution in [-0.4, -0.2) is 10.9 Å². The predicted octanol–water partition coefficient (Wildman–Crippen LogP) is 1.66. The Morgan fingerprint density at radius 3 is 2.67 bits per heavy atom. The average Bonchev–Trinajstić information content (AvgIpc) is 1.96. The molecule has 0 bridgehead atoms. The Labute approximate surface area is 71.8 Å². The molecule has 0 aromatic carbocycles. The highest BCUT2D eigenvalue weighted by Gasteiger charge is 1.97. The summed E-state index contributed by atoms with van der Waals surface area (Å²) in [5, 5.41) is 2.67. The summed E-state index contributed by atoms with van der Waals surface area (Å²) in [6, 6.07) is 1.91. The van der Waals surface area contributed by atoms with Crippen molar-refractivity contribution in [2.45, 2.75) is 20.8 Å². The van der Waals surface area contributed by atoms with E-state index in [1.807, 2.05) is 19.9 Å². The van der Waals surface area contributed by atoms with Crippen LogP contribution in [0, 0.1) is 13.8 Å². The molecule has 64 valence electrons. The first-order chi connectivity index (χ1) is 5.59. The smallest absolute Gasteiger partial charge is 0.221 e. The molecule has 12 heavy (non-hydrogen) atoms. The van der Waals surface area contributed by atoms with Gasteiger partial charge in [-0.15, -0.1) is 0 Å². The summed E-state index contributed by atoms with van der Waals surface area (Å²) >= 11 is 0. The number of nitrogens with zero attached hydrogens (tertiary/aromatic N) is 1. The second-order valence-electron chi connectivity index (χ2n) is 2.81.